The van der Waals surface area contributed by atoms with E-state index in [4.69, 9.17) is 16.0 Å². The van der Waals surface area contributed by atoms with E-state index in [0.29, 0.717) is 5.56 Å². The SMILES string of the molecule is O=C(NCc1ccc(C(F)(F)F)cc1)c1ccoc1Cl. The number of alkyl halides is 3. The minimum atomic E-state index is -4.37. The molecule has 0 bridgehead atoms. The maximum Gasteiger partial charge on any atom is 0.416 e. The minimum absolute atomic E-state index is 0.0325. The molecule has 2 rings (SSSR count). The van der Waals surface area contributed by atoms with Crippen LogP contribution in [0.4, 0.5) is 13.2 Å². The van der Waals surface area contributed by atoms with Crippen molar-refractivity contribution in [2.45, 2.75) is 12.7 Å². The van der Waals surface area contributed by atoms with E-state index in [0.717, 1.165) is 12.1 Å². The quantitative estimate of drug-likeness (QED) is 0.935. The standard InChI is InChI=1S/C13H9ClF3NO2/c14-11-10(5-6-20-11)12(19)18-7-8-1-3-9(4-2-8)13(15,16)17/h1-6H,7H2,(H,18,19). The van der Waals surface area contributed by atoms with Crippen LogP contribution in [0.2, 0.25) is 5.22 Å². The van der Waals surface area contributed by atoms with Crippen molar-refractivity contribution in [2.24, 2.45) is 0 Å². The summed E-state index contributed by atoms with van der Waals surface area (Å²) in [6.45, 7) is 0.0957. The Bertz CT molecular complexity index is 605. The van der Waals surface area contributed by atoms with Gasteiger partial charge >= 0.3 is 6.18 Å². The van der Waals surface area contributed by atoms with Crippen LogP contribution in [0.5, 0.6) is 0 Å². The van der Waals surface area contributed by atoms with Crippen molar-refractivity contribution in [3.05, 3.63) is 58.5 Å². The van der Waals surface area contributed by atoms with Gasteiger partial charge in [0.1, 0.15) is 0 Å². The predicted molar refractivity (Wildman–Crippen MR) is 66.3 cm³/mol. The van der Waals surface area contributed by atoms with Crippen LogP contribution in [-0.2, 0) is 12.7 Å². The number of hydrogen-bond donors (Lipinski definition) is 1. The van der Waals surface area contributed by atoms with Crippen molar-refractivity contribution < 1.29 is 22.4 Å². The number of halogens is 4. The molecule has 7 heteroatoms. The van der Waals surface area contributed by atoms with E-state index >= 15 is 0 Å². The minimum Gasteiger partial charge on any atom is -0.452 e. The third-order valence-corrected chi connectivity index (χ3v) is 2.89. The van der Waals surface area contributed by atoms with Crippen molar-refractivity contribution in [1.29, 1.82) is 0 Å². The molecule has 1 aromatic heterocycles. The topological polar surface area (TPSA) is 42.2 Å². The van der Waals surface area contributed by atoms with Crippen molar-refractivity contribution in [2.75, 3.05) is 0 Å². The van der Waals surface area contributed by atoms with Gasteiger partial charge in [0.25, 0.3) is 5.91 Å². The summed E-state index contributed by atoms with van der Waals surface area (Å²) in [6.07, 6.45) is -3.10. The highest BCUT2D eigenvalue weighted by Gasteiger charge is 2.29. The van der Waals surface area contributed by atoms with Crippen LogP contribution in [0.1, 0.15) is 21.5 Å². The summed E-state index contributed by atoms with van der Waals surface area (Å²) in [5.41, 5.74) is -0.00463. The van der Waals surface area contributed by atoms with Gasteiger partial charge in [-0.25, -0.2) is 0 Å². The lowest BCUT2D eigenvalue weighted by Gasteiger charge is -2.08. The molecule has 1 heterocycles. The van der Waals surface area contributed by atoms with E-state index in [1.54, 1.807) is 0 Å². The van der Waals surface area contributed by atoms with Crippen LogP contribution in [0.25, 0.3) is 0 Å². The number of hydrogen-bond acceptors (Lipinski definition) is 2. The van der Waals surface area contributed by atoms with E-state index in [1.807, 2.05) is 0 Å². The van der Waals surface area contributed by atoms with E-state index in [9.17, 15) is 18.0 Å². The molecule has 2 aromatic rings. The average molecular weight is 304 g/mol. The van der Waals surface area contributed by atoms with Gasteiger partial charge < -0.3 is 9.73 Å². The molecule has 0 saturated heterocycles. The molecule has 106 valence electrons. The lowest BCUT2D eigenvalue weighted by atomic mass is 10.1. The maximum atomic E-state index is 12.4. The lowest BCUT2D eigenvalue weighted by molar-refractivity contribution is -0.137. The van der Waals surface area contributed by atoms with Crippen LogP contribution in [0.15, 0.2) is 41.0 Å². The maximum absolute atomic E-state index is 12.4. The molecule has 1 amide bonds. The van der Waals surface area contributed by atoms with Gasteiger partial charge in [0.15, 0.2) is 0 Å². The fourth-order valence-corrected chi connectivity index (χ4v) is 1.75. The Labute approximate surface area is 117 Å². The van der Waals surface area contributed by atoms with Crippen LogP contribution >= 0.6 is 11.6 Å². The zero-order valence-corrected chi connectivity index (χ0v) is 10.8. The van der Waals surface area contributed by atoms with Crippen LogP contribution in [-0.4, -0.2) is 5.91 Å². The van der Waals surface area contributed by atoms with Gasteiger partial charge in [0.05, 0.1) is 17.4 Å². The highest BCUT2D eigenvalue weighted by Crippen LogP contribution is 2.29. The molecule has 0 aliphatic carbocycles. The molecule has 0 unspecified atom stereocenters. The molecule has 1 aromatic carbocycles. The molecule has 0 spiro atoms. The molecule has 0 radical (unpaired) electrons. The number of nitrogens with one attached hydrogen (secondary N) is 1. The first kappa shape index (κ1) is 14.5. The second kappa shape index (κ2) is 5.58. The summed E-state index contributed by atoms with van der Waals surface area (Å²) in [7, 11) is 0. The lowest BCUT2D eigenvalue weighted by Crippen LogP contribution is -2.22. The Morgan fingerprint density at radius 3 is 2.35 bits per heavy atom. The zero-order chi connectivity index (χ0) is 14.8. The van der Waals surface area contributed by atoms with Crippen molar-refractivity contribution >= 4 is 17.5 Å². The van der Waals surface area contributed by atoms with Gasteiger partial charge in [-0.05, 0) is 35.4 Å². The Morgan fingerprint density at radius 2 is 1.85 bits per heavy atom. The first-order chi connectivity index (χ1) is 9.38. The van der Waals surface area contributed by atoms with Crippen LogP contribution in [0.3, 0.4) is 0 Å². The van der Waals surface area contributed by atoms with Gasteiger partial charge in [0, 0.05) is 6.54 Å². The molecule has 1 N–H and O–H groups in total. The largest absolute Gasteiger partial charge is 0.452 e. The highest BCUT2D eigenvalue weighted by molar-refractivity contribution is 6.32. The normalized spacial score (nSPS) is 11.4. The fraction of sp³-hybridized carbons (Fsp3) is 0.154. The second-order valence-corrected chi connectivity index (χ2v) is 4.33. The number of benzene rings is 1. The third-order valence-electron chi connectivity index (χ3n) is 2.60. The Hall–Kier alpha value is -1.95. The summed E-state index contributed by atoms with van der Waals surface area (Å²) < 4.78 is 41.9. The van der Waals surface area contributed by atoms with Gasteiger partial charge in [-0.15, -0.1) is 0 Å². The Morgan fingerprint density at radius 1 is 1.20 bits per heavy atom. The molecule has 0 aliphatic heterocycles. The summed E-state index contributed by atoms with van der Waals surface area (Å²) in [6, 6.07) is 5.95. The molecule has 0 fully saturated rings. The van der Waals surface area contributed by atoms with Crippen LogP contribution in [0, 0.1) is 0 Å². The molecule has 0 atom stereocenters. The highest BCUT2D eigenvalue weighted by atomic mass is 35.5. The summed E-state index contributed by atoms with van der Waals surface area (Å²) in [5.74, 6) is -0.455. The van der Waals surface area contributed by atoms with Crippen molar-refractivity contribution in [1.82, 2.24) is 5.32 Å². The number of amides is 1. The van der Waals surface area contributed by atoms with Gasteiger partial charge in [-0.2, -0.15) is 13.2 Å². The van der Waals surface area contributed by atoms with E-state index in [-0.39, 0.29) is 17.3 Å². The Balaban J connectivity index is 1.98. The van der Waals surface area contributed by atoms with Crippen LogP contribution < -0.4 is 5.32 Å². The fourth-order valence-electron chi connectivity index (χ4n) is 1.54. The first-order valence-corrected chi connectivity index (χ1v) is 5.93. The van der Waals surface area contributed by atoms with Crippen molar-refractivity contribution in [3.8, 4) is 0 Å². The number of rotatable bonds is 3. The van der Waals surface area contributed by atoms with E-state index < -0.39 is 17.6 Å². The molecule has 0 aliphatic rings. The van der Waals surface area contributed by atoms with Gasteiger partial charge in [-0.3, -0.25) is 4.79 Å². The summed E-state index contributed by atoms with van der Waals surface area (Å²) in [4.78, 5) is 11.7. The molecular weight excluding hydrogens is 295 g/mol. The molecule has 3 nitrogen and oxygen atoms in total. The third kappa shape index (κ3) is 3.33. The van der Waals surface area contributed by atoms with Gasteiger partial charge in [-0.1, -0.05) is 12.1 Å². The molecule has 0 saturated carbocycles. The molecule has 20 heavy (non-hydrogen) atoms. The summed E-state index contributed by atoms with van der Waals surface area (Å²) in [5, 5.41) is 2.50. The Kier molecular flexibility index (Phi) is 4.04. The zero-order valence-electron chi connectivity index (χ0n) is 10.00. The number of carbonyl (C=O) groups excluding carboxylic acids is 1. The first-order valence-electron chi connectivity index (χ1n) is 5.55. The monoisotopic (exact) mass is 303 g/mol. The molecular formula is C13H9ClF3NO2. The summed E-state index contributed by atoms with van der Waals surface area (Å²) >= 11 is 5.63. The second-order valence-electron chi connectivity index (χ2n) is 3.99. The van der Waals surface area contributed by atoms with Gasteiger partial charge in [0.2, 0.25) is 5.22 Å². The number of furan rings is 1. The smallest absolute Gasteiger partial charge is 0.416 e. The van der Waals surface area contributed by atoms with E-state index in [2.05, 4.69) is 5.32 Å². The number of carbonyl (C=O) groups is 1. The average Bonchev–Trinajstić information content (AvgIpc) is 2.82. The predicted octanol–water partition coefficient (Wildman–Crippen LogP) is 3.88. The van der Waals surface area contributed by atoms with E-state index in [1.165, 1.54) is 24.5 Å². The van der Waals surface area contributed by atoms with Crippen molar-refractivity contribution in [3.63, 3.8) is 0 Å².